The highest BCUT2D eigenvalue weighted by atomic mass is 35.5. The number of hydrogen-bond donors (Lipinski definition) is 2. The second-order valence-electron chi connectivity index (χ2n) is 6.83. The number of halogens is 1. The molecule has 4 nitrogen and oxygen atoms in total. The number of anilines is 1. The molecule has 0 unspecified atom stereocenters. The lowest BCUT2D eigenvalue weighted by atomic mass is 9.95. The summed E-state index contributed by atoms with van der Waals surface area (Å²) in [6.45, 7) is 1.94. The number of amides is 2. The highest BCUT2D eigenvalue weighted by Gasteiger charge is 2.19. The molecule has 0 bridgehead atoms. The van der Waals surface area contributed by atoms with E-state index in [9.17, 15) is 9.59 Å². The normalized spacial score (nSPS) is 14.7. The Balaban J connectivity index is 1.72. The maximum atomic E-state index is 12.6. The molecule has 0 radical (unpaired) electrons. The molecular weight excluding hydrogens is 348 g/mol. The fourth-order valence-electron chi connectivity index (χ4n) is 3.28. The van der Waals surface area contributed by atoms with Crippen molar-refractivity contribution < 1.29 is 9.59 Å². The monoisotopic (exact) mass is 370 g/mol. The first-order valence-electron chi connectivity index (χ1n) is 9.01. The molecule has 0 heterocycles. The van der Waals surface area contributed by atoms with Crippen molar-refractivity contribution >= 4 is 29.1 Å². The van der Waals surface area contributed by atoms with Gasteiger partial charge >= 0.3 is 0 Å². The smallest absolute Gasteiger partial charge is 0.255 e. The van der Waals surface area contributed by atoms with Crippen molar-refractivity contribution in [3.05, 3.63) is 64.2 Å². The summed E-state index contributed by atoms with van der Waals surface area (Å²) in [5.41, 5.74) is 2.53. The van der Waals surface area contributed by atoms with Crippen LogP contribution in [0.25, 0.3) is 0 Å². The number of carbonyl (C=O) groups is 2. The van der Waals surface area contributed by atoms with Gasteiger partial charge in [0.05, 0.1) is 10.6 Å². The minimum atomic E-state index is -0.213. The topological polar surface area (TPSA) is 58.2 Å². The van der Waals surface area contributed by atoms with Gasteiger partial charge in [0.25, 0.3) is 11.8 Å². The Hall–Kier alpha value is -2.33. The molecule has 0 atom stereocenters. The van der Waals surface area contributed by atoms with Crippen molar-refractivity contribution in [2.24, 2.45) is 0 Å². The molecule has 1 aliphatic rings. The lowest BCUT2D eigenvalue weighted by Crippen LogP contribution is -2.36. The van der Waals surface area contributed by atoms with Gasteiger partial charge in [-0.05, 0) is 50.1 Å². The highest BCUT2D eigenvalue weighted by molar-refractivity contribution is 6.34. The van der Waals surface area contributed by atoms with E-state index in [1.165, 1.54) is 6.42 Å². The van der Waals surface area contributed by atoms with Crippen LogP contribution in [0.5, 0.6) is 0 Å². The summed E-state index contributed by atoms with van der Waals surface area (Å²) >= 11 is 6.21. The third-order valence-corrected chi connectivity index (χ3v) is 5.02. The van der Waals surface area contributed by atoms with Crippen LogP contribution in [0.2, 0.25) is 5.02 Å². The maximum absolute atomic E-state index is 12.6. The fraction of sp³-hybridized carbons (Fsp3) is 0.333. The molecule has 1 aliphatic carbocycles. The van der Waals surface area contributed by atoms with Crippen LogP contribution in [-0.2, 0) is 0 Å². The lowest BCUT2D eigenvalue weighted by molar-refractivity contribution is 0.0926. The highest BCUT2D eigenvalue weighted by Crippen LogP contribution is 2.23. The van der Waals surface area contributed by atoms with E-state index in [1.807, 2.05) is 25.1 Å². The van der Waals surface area contributed by atoms with Gasteiger partial charge in [-0.15, -0.1) is 0 Å². The van der Waals surface area contributed by atoms with Gasteiger partial charge in [0.15, 0.2) is 0 Å². The molecule has 3 rings (SSSR count). The van der Waals surface area contributed by atoms with E-state index in [0.717, 1.165) is 31.2 Å². The summed E-state index contributed by atoms with van der Waals surface area (Å²) in [5.74, 6) is -0.400. The summed E-state index contributed by atoms with van der Waals surface area (Å²) < 4.78 is 0. The number of hydrogen-bond acceptors (Lipinski definition) is 2. The van der Waals surface area contributed by atoms with Crippen LogP contribution in [-0.4, -0.2) is 17.9 Å². The summed E-state index contributed by atoms with van der Waals surface area (Å²) in [7, 11) is 0. The SMILES string of the molecule is Cc1cccc(C(=O)Nc2ccc(Cl)c(C(=O)NC3CCCCC3)c2)c1. The molecule has 0 aliphatic heterocycles. The molecule has 5 heteroatoms. The molecular formula is C21H23ClN2O2. The van der Waals surface area contributed by atoms with Crippen molar-refractivity contribution in [3.63, 3.8) is 0 Å². The standard InChI is InChI=1S/C21H23ClN2O2/c1-14-6-5-7-15(12-14)20(25)24-17-10-11-19(22)18(13-17)21(26)23-16-8-3-2-4-9-16/h5-7,10-13,16H,2-4,8-9H2,1H3,(H,23,26)(H,24,25). The number of aryl methyl sites for hydroxylation is 1. The van der Waals surface area contributed by atoms with Crippen molar-refractivity contribution in [2.75, 3.05) is 5.32 Å². The Morgan fingerprint density at radius 1 is 1.00 bits per heavy atom. The van der Waals surface area contributed by atoms with Gasteiger partial charge in [-0.1, -0.05) is 48.6 Å². The fourth-order valence-corrected chi connectivity index (χ4v) is 3.48. The molecule has 1 saturated carbocycles. The van der Waals surface area contributed by atoms with E-state index in [-0.39, 0.29) is 17.9 Å². The second kappa shape index (κ2) is 8.37. The Labute approximate surface area is 158 Å². The summed E-state index contributed by atoms with van der Waals surface area (Å²) in [4.78, 5) is 25.0. The van der Waals surface area contributed by atoms with Crippen LogP contribution in [0, 0.1) is 6.92 Å². The third-order valence-electron chi connectivity index (χ3n) is 4.69. The quantitative estimate of drug-likeness (QED) is 0.798. The van der Waals surface area contributed by atoms with Crippen LogP contribution in [0.4, 0.5) is 5.69 Å². The molecule has 26 heavy (non-hydrogen) atoms. The summed E-state index contributed by atoms with van der Waals surface area (Å²) in [6, 6.07) is 12.5. The first kappa shape index (κ1) is 18.5. The molecule has 2 aromatic carbocycles. The molecule has 0 spiro atoms. The molecule has 2 aromatic rings. The lowest BCUT2D eigenvalue weighted by Gasteiger charge is -2.23. The Morgan fingerprint density at radius 2 is 1.77 bits per heavy atom. The van der Waals surface area contributed by atoms with Gasteiger partial charge < -0.3 is 10.6 Å². The molecule has 2 N–H and O–H groups in total. The molecule has 2 amide bonds. The van der Waals surface area contributed by atoms with Crippen molar-refractivity contribution in [2.45, 2.75) is 45.1 Å². The van der Waals surface area contributed by atoms with E-state index < -0.39 is 0 Å². The van der Waals surface area contributed by atoms with E-state index in [4.69, 9.17) is 11.6 Å². The number of benzene rings is 2. The minimum Gasteiger partial charge on any atom is -0.349 e. The van der Waals surface area contributed by atoms with E-state index in [1.54, 1.807) is 24.3 Å². The van der Waals surface area contributed by atoms with Crippen molar-refractivity contribution in [1.29, 1.82) is 0 Å². The van der Waals surface area contributed by atoms with Gasteiger partial charge in [0, 0.05) is 17.3 Å². The third kappa shape index (κ3) is 4.64. The second-order valence-corrected chi connectivity index (χ2v) is 7.23. The summed E-state index contributed by atoms with van der Waals surface area (Å²) in [5, 5.41) is 6.27. The Kier molecular flexibility index (Phi) is 5.94. The minimum absolute atomic E-state index is 0.187. The number of nitrogens with one attached hydrogen (secondary N) is 2. The van der Waals surface area contributed by atoms with Crippen LogP contribution in [0.1, 0.15) is 58.4 Å². The van der Waals surface area contributed by atoms with Crippen LogP contribution in [0.15, 0.2) is 42.5 Å². The van der Waals surface area contributed by atoms with Crippen molar-refractivity contribution in [1.82, 2.24) is 5.32 Å². The zero-order chi connectivity index (χ0) is 18.5. The zero-order valence-corrected chi connectivity index (χ0v) is 15.6. The van der Waals surface area contributed by atoms with Gasteiger partial charge in [-0.25, -0.2) is 0 Å². The predicted molar refractivity (Wildman–Crippen MR) is 105 cm³/mol. The van der Waals surface area contributed by atoms with E-state index in [2.05, 4.69) is 10.6 Å². The van der Waals surface area contributed by atoms with E-state index in [0.29, 0.717) is 21.8 Å². The number of carbonyl (C=O) groups excluding carboxylic acids is 2. The van der Waals surface area contributed by atoms with Crippen LogP contribution < -0.4 is 10.6 Å². The van der Waals surface area contributed by atoms with Crippen LogP contribution in [0.3, 0.4) is 0 Å². The molecule has 1 fully saturated rings. The van der Waals surface area contributed by atoms with E-state index >= 15 is 0 Å². The van der Waals surface area contributed by atoms with Gasteiger partial charge in [-0.2, -0.15) is 0 Å². The Morgan fingerprint density at radius 3 is 2.50 bits per heavy atom. The average molecular weight is 371 g/mol. The predicted octanol–water partition coefficient (Wildman–Crippen LogP) is 4.96. The van der Waals surface area contributed by atoms with Gasteiger partial charge in [-0.3, -0.25) is 9.59 Å². The summed E-state index contributed by atoms with van der Waals surface area (Å²) in [6.07, 6.45) is 5.53. The molecule has 0 aromatic heterocycles. The first-order chi connectivity index (χ1) is 12.5. The number of rotatable bonds is 4. The van der Waals surface area contributed by atoms with Gasteiger partial charge in [0.1, 0.15) is 0 Å². The largest absolute Gasteiger partial charge is 0.349 e. The zero-order valence-electron chi connectivity index (χ0n) is 14.8. The van der Waals surface area contributed by atoms with Gasteiger partial charge in [0.2, 0.25) is 0 Å². The molecule has 0 saturated heterocycles. The van der Waals surface area contributed by atoms with Crippen LogP contribution >= 0.6 is 11.6 Å². The Bertz CT molecular complexity index is 813. The maximum Gasteiger partial charge on any atom is 0.255 e. The average Bonchev–Trinajstić information content (AvgIpc) is 2.64. The first-order valence-corrected chi connectivity index (χ1v) is 9.39. The molecule has 136 valence electrons. The van der Waals surface area contributed by atoms with Crippen molar-refractivity contribution in [3.8, 4) is 0 Å².